The van der Waals surface area contributed by atoms with Crippen molar-refractivity contribution >= 4 is 34.8 Å². The van der Waals surface area contributed by atoms with Gasteiger partial charge in [0.1, 0.15) is 24.7 Å². The fourth-order valence-corrected chi connectivity index (χ4v) is 5.29. The summed E-state index contributed by atoms with van der Waals surface area (Å²) in [5, 5.41) is 2.51. The standard InChI is InChI=1S/C27H27ClN2O4S/c1-3-12-29(27(32)19-6-4-7-20(28)15-19)17-26(31)30-13-10-25-23(11-14-35-25)24(30)18-34-22-9-5-8-21(16-22)33-2/h3-9,11,14-16,24H,1,10,12-13,17-18H2,2H3. The summed E-state index contributed by atoms with van der Waals surface area (Å²) >= 11 is 7.76. The van der Waals surface area contributed by atoms with Crippen LogP contribution in [-0.4, -0.2) is 55.0 Å². The van der Waals surface area contributed by atoms with Gasteiger partial charge in [-0.3, -0.25) is 9.59 Å². The second-order valence-electron chi connectivity index (χ2n) is 8.13. The number of hydrogen-bond donors (Lipinski definition) is 0. The first kappa shape index (κ1) is 24.8. The lowest BCUT2D eigenvalue weighted by Gasteiger charge is -2.37. The lowest BCUT2D eigenvalue weighted by molar-refractivity contribution is -0.135. The van der Waals surface area contributed by atoms with Crippen molar-refractivity contribution < 1.29 is 19.1 Å². The highest BCUT2D eigenvalue weighted by Crippen LogP contribution is 2.34. The number of rotatable bonds is 9. The molecule has 0 aliphatic carbocycles. The largest absolute Gasteiger partial charge is 0.497 e. The van der Waals surface area contributed by atoms with Gasteiger partial charge < -0.3 is 19.3 Å². The minimum Gasteiger partial charge on any atom is -0.497 e. The van der Waals surface area contributed by atoms with E-state index in [0.717, 1.165) is 12.0 Å². The van der Waals surface area contributed by atoms with Crippen LogP contribution in [-0.2, 0) is 11.2 Å². The van der Waals surface area contributed by atoms with Crippen molar-refractivity contribution in [3.63, 3.8) is 0 Å². The molecular weight excluding hydrogens is 484 g/mol. The lowest BCUT2D eigenvalue weighted by Crippen LogP contribution is -2.47. The first-order valence-corrected chi connectivity index (χ1v) is 12.5. The van der Waals surface area contributed by atoms with Crippen molar-refractivity contribution in [1.29, 1.82) is 0 Å². The summed E-state index contributed by atoms with van der Waals surface area (Å²) in [5.74, 6) is 0.967. The van der Waals surface area contributed by atoms with E-state index >= 15 is 0 Å². The number of carbonyl (C=O) groups is 2. The van der Waals surface area contributed by atoms with Gasteiger partial charge in [-0.15, -0.1) is 17.9 Å². The number of nitrogens with zero attached hydrogens (tertiary/aromatic N) is 2. The molecule has 8 heteroatoms. The molecule has 1 aliphatic heterocycles. The quantitative estimate of drug-likeness (QED) is 0.369. The molecule has 2 heterocycles. The molecule has 0 saturated heterocycles. The van der Waals surface area contributed by atoms with Crippen molar-refractivity contribution in [2.75, 3.05) is 33.4 Å². The van der Waals surface area contributed by atoms with Gasteiger partial charge in [0.15, 0.2) is 0 Å². The molecular formula is C27H27ClN2O4S. The smallest absolute Gasteiger partial charge is 0.254 e. The Morgan fingerprint density at radius 3 is 2.77 bits per heavy atom. The molecule has 1 atom stereocenters. The maximum Gasteiger partial charge on any atom is 0.254 e. The zero-order chi connectivity index (χ0) is 24.8. The zero-order valence-corrected chi connectivity index (χ0v) is 21.1. The maximum atomic E-state index is 13.5. The fraction of sp³-hybridized carbons (Fsp3) is 0.259. The average molecular weight is 511 g/mol. The van der Waals surface area contributed by atoms with E-state index in [4.69, 9.17) is 21.1 Å². The molecule has 4 rings (SSSR count). The molecule has 0 radical (unpaired) electrons. The summed E-state index contributed by atoms with van der Waals surface area (Å²) in [6.45, 7) is 4.80. The monoisotopic (exact) mass is 510 g/mol. The topological polar surface area (TPSA) is 59.1 Å². The molecule has 1 unspecified atom stereocenters. The van der Waals surface area contributed by atoms with Crippen molar-refractivity contribution in [3.8, 4) is 11.5 Å². The van der Waals surface area contributed by atoms with E-state index in [2.05, 4.69) is 12.6 Å². The van der Waals surface area contributed by atoms with Crippen molar-refractivity contribution in [1.82, 2.24) is 9.80 Å². The number of thiophene rings is 1. The van der Waals surface area contributed by atoms with Gasteiger partial charge in [0.2, 0.25) is 5.91 Å². The third kappa shape index (κ3) is 5.86. The summed E-state index contributed by atoms with van der Waals surface area (Å²) < 4.78 is 11.4. The van der Waals surface area contributed by atoms with Crippen LogP contribution < -0.4 is 9.47 Å². The van der Waals surface area contributed by atoms with Gasteiger partial charge in [0.05, 0.1) is 13.2 Å². The van der Waals surface area contributed by atoms with Crippen LogP contribution >= 0.6 is 22.9 Å². The van der Waals surface area contributed by atoms with E-state index < -0.39 is 0 Å². The highest BCUT2D eigenvalue weighted by molar-refractivity contribution is 7.10. The van der Waals surface area contributed by atoms with Crippen LogP contribution in [0.5, 0.6) is 11.5 Å². The third-order valence-electron chi connectivity index (χ3n) is 5.90. The molecule has 2 aromatic carbocycles. The molecule has 0 fully saturated rings. The van der Waals surface area contributed by atoms with Crippen LogP contribution in [0.25, 0.3) is 0 Å². The second-order valence-corrected chi connectivity index (χ2v) is 9.56. The first-order chi connectivity index (χ1) is 17.0. The van der Waals surface area contributed by atoms with Gasteiger partial charge in [-0.05, 0) is 53.8 Å². The summed E-state index contributed by atoms with van der Waals surface area (Å²) in [5.41, 5.74) is 1.53. The van der Waals surface area contributed by atoms with Crippen LogP contribution in [0.3, 0.4) is 0 Å². The van der Waals surface area contributed by atoms with Gasteiger partial charge in [-0.2, -0.15) is 0 Å². The van der Waals surface area contributed by atoms with E-state index in [1.165, 1.54) is 9.78 Å². The van der Waals surface area contributed by atoms with Gasteiger partial charge in [0.25, 0.3) is 5.91 Å². The van der Waals surface area contributed by atoms with Crippen LogP contribution in [0.2, 0.25) is 5.02 Å². The predicted octanol–water partition coefficient (Wildman–Crippen LogP) is 5.24. The number of fused-ring (bicyclic) bond motifs is 1. The summed E-state index contributed by atoms with van der Waals surface area (Å²) in [6, 6.07) is 15.9. The van der Waals surface area contributed by atoms with E-state index in [1.54, 1.807) is 48.8 Å². The Kier molecular flexibility index (Phi) is 8.10. The Hall–Kier alpha value is -3.29. The maximum absolute atomic E-state index is 13.5. The van der Waals surface area contributed by atoms with E-state index in [-0.39, 0.29) is 30.9 Å². The molecule has 0 bridgehead atoms. The number of amides is 2. The second kappa shape index (κ2) is 11.4. The van der Waals surface area contributed by atoms with Gasteiger partial charge in [-0.1, -0.05) is 29.8 Å². The summed E-state index contributed by atoms with van der Waals surface area (Å²) in [6.07, 6.45) is 2.39. The number of hydrogen-bond acceptors (Lipinski definition) is 5. The van der Waals surface area contributed by atoms with E-state index in [9.17, 15) is 9.59 Å². The molecule has 35 heavy (non-hydrogen) atoms. The average Bonchev–Trinajstić information content (AvgIpc) is 3.36. The summed E-state index contributed by atoms with van der Waals surface area (Å²) in [7, 11) is 1.61. The highest BCUT2D eigenvalue weighted by Gasteiger charge is 2.33. The minimum atomic E-state index is -0.266. The van der Waals surface area contributed by atoms with Crippen LogP contribution in [0.1, 0.15) is 26.8 Å². The minimum absolute atomic E-state index is 0.0630. The Morgan fingerprint density at radius 1 is 1.20 bits per heavy atom. The lowest BCUT2D eigenvalue weighted by atomic mass is 10.0. The third-order valence-corrected chi connectivity index (χ3v) is 7.13. The number of benzene rings is 2. The molecule has 2 amide bonds. The zero-order valence-electron chi connectivity index (χ0n) is 19.5. The molecule has 1 aromatic heterocycles. The molecule has 0 N–H and O–H groups in total. The SMILES string of the molecule is C=CCN(CC(=O)N1CCc2sccc2C1COc1cccc(OC)c1)C(=O)c1cccc(Cl)c1. The first-order valence-electron chi connectivity index (χ1n) is 11.3. The molecule has 0 spiro atoms. The van der Waals surface area contributed by atoms with Crippen molar-refractivity contribution in [2.24, 2.45) is 0 Å². The van der Waals surface area contributed by atoms with Crippen molar-refractivity contribution in [2.45, 2.75) is 12.5 Å². The Balaban J connectivity index is 1.52. The Morgan fingerprint density at radius 2 is 2.00 bits per heavy atom. The molecule has 1 aliphatic rings. The Labute approximate surface area is 214 Å². The predicted molar refractivity (Wildman–Crippen MR) is 139 cm³/mol. The fourth-order valence-electron chi connectivity index (χ4n) is 4.17. The number of methoxy groups -OCH3 is 1. The van der Waals surface area contributed by atoms with Crippen molar-refractivity contribution in [3.05, 3.63) is 93.7 Å². The molecule has 3 aromatic rings. The normalized spacial score (nSPS) is 14.7. The van der Waals surface area contributed by atoms with E-state index in [1.807, 2.05) is 34.5 Å². The number of carbonyl (C=O) groups excluding carboxylic acids is 2. The van der Waals surface area contributed by atoms with Gasteiger partial charge in [0, 0.05) is 34.6 Å². The number of halogens is 1. The van der Waals surface area contributed by atoms with Gasteiger partial charge in [-0.25, -0.2) is 0 Å². The summed E-state index contributed by atoms with van der Waals surface area (Å²) in [4.78, 5) is 31.2. The Bertz CT molecular complexity index is 1210. The number of ether oxygens (including phenoxy) is 2. The van der Waals surface area contributed by atoms with Crippen LogP contribution in [0, 0.1) is 0 Å². The highest BCUT2D eigenvalue weighted by atomic mass is 35.5. The van der Waals surface area contributed by atoms with Gasteiger partial charge >= 0.3 is 0 Å². The van der Waals surface area contributed by atoms with Crippen LogP contribution in [0.4, 0.5) is 0 Å². The van der Waals surface area contributed by atoms with Crippen LogP contribution in [0.15, 0.2) is 72.6 Å². The van der Waals surface area contributed by atoms with E-state index in [0.29, 0.717) is 35.2 Å². The molecule has 6 nitrogen and oxygen atoms in total. The molecule has 0 saturated carbocycles. The molecule has 182 valence electrons.